The quantitative estimate of drug-likeness (QED) is 0.861. The van der Waals surface area contributed by atoms with Crippen LogP contribution in [0.5, 0.6) is 5.75 Å². The number of methoxy groups -OCH3 is 1. The first-order chi connectivity index (χ1) is 12.3. The first-order valence-electron chi connectivity index (χ1n) is 9.25. The Labute approximate surface area is 148 Å². The Hall–Kier alpha value is -2.30. The zero-order valence-electron chi connectivity index (χ0n) is 14.8. The summed E-state index contributed by atoms with van der Waals surface area (Å²) in [5, 5.41) is 4.59. The summed E-state index contributed by atoms with van der Waals surface area (Å²) in [6.45, 7) is 1.55. The van der Waals surface area contributed by atoms with Crippen molar-refractivity contribution in [3.63, 3.8) is 0 Å². The van der Waals surface area contributed by atoms with Crippen molar-refractivity contribution in [1.29, 1.82) is 0 Å². The third-order valence-electron chi connectivity index (χ3n) is 5.49. The zero-order valence-corrected chi connectivity index (χ0v) is 14.8. The third-order valence-corrected chi connectivity index (χ3v) is 5.49. The number of carbonyl (C=O) groups excluding carboxylic acids is 1. The smallest absolute Gasteiger partial charge is 0.225 e. The van der Waals surface area contributed by atoms with Crippen molar-refractivity contribution in [3.05, 3.63) is 41.7 Å². The maximum absolute atomic E-state index is 12.8. The second-order valence-corrected chi connectivity index (χ2v) is 7.07. The molecule has 25 heavy (non-hydrogen) atoms. The Bertz CT molecular complexity index is 745. The van der Waals surface area contributed by atoms with E-state index in [9.17, 15) is 4.79 Å². The summed E-state index contributed by atoms with van der Waals surface area (Å²) in [6, 6.07) is 7.96. The number of ether oxygens (including phenoxy) is 1. The van der Waals surface area contributed by atoms with Gasteiger partial charge in [-0.05, 0) is 49.9 Å². The molecule has 1 amide bonds. The van der Waals surface area contributed by atoms with Crippen LogP contribution in [0.3, 0.4) is 0 Å². The molecular weight excluding hydrogens is 314 g/mol. The lowest BCUT2D eigenvalue weighted by molar-refractivity contribution is -0.135. The molecule has 0 N–H and O–H groups in total. The average molecular weight is 339 g/mol. The summed E-state index contributed by atoms with van der Waals surface area (Å²) in [5.41, 5.74) is 3.45. The number of amides is 1. The van der Waals surface area contributed by atoms with Gasteiger partial charge in [-0.3, -0.25) is 4.79 Å². The van der Waals surface area contributed by atoms with Crippen molar-refractivity contribution in [3.8, 4) is 11.4 Å². The number of carbonyl (C=O) groups is 1. The molecule has 0 radical (unpaired) electrons. The van der Waals surface area contributed by atoms with Gasteiger partial charge in [-0.25, -0.2) is 4.68 Å². The van der Waals surface area contributed by atoms with Gasteiger partial charge in [0, 0.05) is 30.3 Å². The van der Waals surface area contributed by atoms with Gasteiger partial charge < -0.3 is 9.64 Å². The van der Waals surface area contributed by atoms with Crippen LogP contribution >= 0.6 is 0 Å². The van der Waals surface area contributed by atoms with Crippen LogP contribution < -0.4 is 4.74 Å². The third kappa shape index (κ3) is 3.15. The molecule has 1 aliphatic heterocycles. The maximum Gasteiger partial charge on any atom is 0.225 e. The summed E-state index contributed by atoms with van der Waals surface area (Å²) in [6.07, 6.45) is 8.40. The minimum atomic E-state index is 0.248. The van der Waals surface area contributed by atoms with E-state index < -0.39 is 0 Å². The molecule has 1 aromatic carbocycles. The Morgan fingerprint density at radius 3 is 2.64 bits per heavy atom. The minimum Gasteiger partial charge on any atom is -0.497 e. The van der Waals surface area contributed by atoms with Crippen LogP contribution in [0.2, 0.25) is 0 Å². The Morgan fingerprint density at radius 1 is 1.16 bits per heavy atom. The summed E-state index contributed by atoms with van der Waals surface area (Å²) in [5.74, 6) is 1.44. The first kappa shape index (κ1) is 16.2. The van der Waals surface area contributed by atoms with E-state index in [1.165, 1.54) is 24.1 Å². The van der Waals surface area contributed by atoms with Gasteiger partial charge >= 0.3 is 0 Å². The van der Waals surface area contributed by atoms with E-state index in [1.807, 2.05) is 35.1 Å². The minimum absolute atomic E-state index is 0.248. The second-order valence-electron chi connectivity index (χ2n) is 7.07. The second kappa shape index (κ2) is 6.90. The molecule has 1 fully saturated rings. The predicted molar refractivity (Wildman–Crippen MR) is 95.8 cm³/mol. The highest BCUT2D eigenvalue weighted by molar-refractivity contribution is 5.79. The number of fused-ring (bicyclic) bond motifs is 1. The monoisotopic (exact) mass is 339 g/mol. The Kier molecular flexibility index (Phi) is 4.47. The van der Waals surface area contributed by atoms with Gasteiger partial charge in [0.25, 0.3) is 0 Å². The fourth-order valence-corrected chi connectivity index (χ4v) is 4.09. The molecule has 5 heteroatoms. The number of aromatic nitrogens is 2. The fourth-order valence-electron chi connectivity index (χ4n) is 4.09. The summed E-state index contributed by atoms with van der Waals surface area (Å²) in [4.78, 5) is 14.9. The molecule has 1 aliphatic carbocycles. The molecular formula is C20H25N3O2. The van der Waals surface area contributed by atoms with E-state index in [0.29, 0.717) is 12.5 Å². The number of benzene rings is 1. The van der Waals surface area contributed by atoms with Crippen molar-refractivity contribution < 1.29 is 9.53 Å². The van der Waals surface area contributed by atoms with E-state index in [1.54, 1.807) is 7.11 Å². The number of hydrogen-bond donors (Lipinski definition) is 0. The first-order valence-corrected chi connectivity index (χ1v) is 9.25. The molecule has 2 aliphatic rings. The van der Waals surface area contributed by atoms with Gasteiger partial charge in [-0.2, -0.15) is 5.10 Å². The highest BCUT2D eigenvalue weighted by atomic mass is 16.5. The van der Waals surface area contributed by atoms with Crippen LogP contribution in [-0.2, 0) is 17.8 Å². The number of hydrogen-bond acceptors (Lipinski definition) is 3. The zero-order chi connectivity index (χ0) is 17.2. The molecule has 0 atom stereocenters. The van der Waals surface area contributed by atoms with Crippen molar-refractivity contribution in [2.45, 2.75) is 45.1 Å². The van der Waals surface area contributed by atoms with Gasteiger partial charge in [-0.1, -0.05) is 12.8 Å². The normalized spacial score (nSPS) is 18.0. The molecule has 132 valence electrons. The number of nitrogens with zero attached hydrogens (tertiary/aromatic N) is 3. The molecule has 0 saturated heterocycles. The van der Waals surface area contributed by atoms with Crippen molar-refractivity contribution in [2.24, 2.45) is 5.92 Å². The number of rotatable bonds is 3. The lowest BCUT2D eigenvalue weighted by Crippen LogP contribution is -2.34. The topological polar surface area (TPSA) is 47.4 Å². The van der Waals surface area contributed by atoms with Crippen LogP contribution in [0.1, 0.15) is 43.4 Å². The van der Waals surface area contributed by atoms with E-state index in [4.69, 9.17) is 4.74 Å². The van der Waals surface area contributed by atoms with Gasteiger partial charge in [0.15, 0.2) is 0 Å². The van der Waals surface area contributed by atoms with E-state index in [0.717, 1.165) is 43.7 Å². The fraction of sp³-hybridized carbons (Fsp3) is 0.500. The van der Waals surface area contributed by atoms with Gasteiger partial charge in [0.2, 0.25) is 5.91 Å². The summed E-state index contributed by atoms with van der Waals surface area (Å²) in [7, 11) is 1.67. The van der Waals surface area contributed by atoms with Gasteiger partial charge in [-0.15, -0.1) is 0 Å². The Balaban J connectivity index is 1.56. The molecule has 4 rings (SSSR count). The predicted octanol–water partition coefficient (Wildman–Crippen LogP) is 3.35. The molecule has 1 saturated carbocycles. The van der Waals surface area contributed by atoms with Crippen LogP contribution in [0.4, 0.5) is 0 Å². The van der Waals surface area contributed by atoms with Gasteiger partial charge in [0.05, 0.1) is 19.0 Å². The van der Waals surface area contributed by atoms with Gasteiger partial charge in [0.1, 0.15) is 5.75 Å². The van der Waals surface area contributed by atoms with E-state index >= 15 is 0 Å². The van der Waals surface area contributed by atoms with Crippen molar-refractivity contribution >= 4 is 5.91 Å². The van der Waals surface area contributed by atoms with Crippen LogP contribution in [0.15, 0.2) is 30.5 Å². The maximum atomic E-state index is 12.8. The lowest BCUT2D eigenvalue weighted by atomic mass is 10.1. The summed E-state index contributed by atoms with van der Waals surface area (Å²) >= 11 is 0. The van der Waals surface area contributed by atoms with Crippen molar-refractivity contribution in [2.75, 3.05) is 13.7 Å². The molecule has 2 aromatic rings. The van der Waals surface area contributed by atoms with Crippen LogP contribution in [-0.4, -0.2) is 34.2 Å². The molecule has 0 spiro atoms. The van der Waals surface area contributed by atoms with E-state index in [2.05, 4.69) is 10.00 Å². The van der Waals surface area contributed by atoms with Crippen molar-refractivity contribution in [1.82, 2.24) is 14.7 Å². The largest absolute Gasteiger partial charge is 0.497 e. The molecule has 0 unspecified atom stereocenters. The average Bonchev–Trinajstić information content (AvgIpc) is 3.27. The molecule has 0 bridgehead atoms. The van der Waals surface area contributed by atoms with E-state index in [-0.39, 0.29) is 5.92 Å². The molecule has 5 nitrogen and oxygen atoms in total. The molecule has 1 aromatic heterocycles. The standard InChI is InChI=1S/C20H25N3O2/c1-25-18-10-8-17(9-11-18)23-19-7-4-12-22(14-16(19)13-21-23)20(24)15-5-2-3-6-15/h8-11,13,15H,2-7,12,14H2,1H3. The molecule has 2 heterocycles. The lowest BCUT2D eigenvalue weighted by Gasteiger charge is -2.23. The summed E-state index contributed by atoms with van der Waals surface area (Å²) < 4.78 is 7.25. The van der Waals surface area contributed by atoms with Crippen LogP contribution in [0, 0.1) is 5.92 Å². The Morgan fingerprint density at radius 2 is 1.92 bits per heavy atom. The van der Waals surface area contributed by atoms with Crippen LogP contribution in [0.25, 0.3) is 5.69 Å². The SMILES string of the molecule is COc1ccc(-n2ncc3c2CCCN(C(=O)C2CCCC2)C3)cc1. The highest BCUT2D eigenvalue weighted by Gasteiger charge is 2.29. The highest BCUT2D eigenvalue weighted by Crippen LogP contribution is 2.29.